The van der Waals surface area contributed by atoms with Gasteiger partial charge in [0.05, 0.1) is 6.42 Å². The smallest absolute Gasteiger partial charge is 0.322 e. The molecule has 0 bridgehead atoms. The van der Waals surface area contributed by atoms with Crippen molar-refractivity contribution in [3.63, 3.8) is 0 Å². The minimum atomic E-state index is -0.407. The van der Waals surface area contributed by atoms with Crippen LogP contribution in [0.1, 0.15) is 21.8 Å². The molecule has 2 aromatic carbocycles. The highest BCUT2D eigenvalue weighted by atomic mass is 19.1. The molecule has 8 heteroatoms. The summed E-state index contributed by atoms with van der Waals surface area (Å²) in [5.74, 6) is 0.694. The van der Waals surface area contributed by atoms with Gasteiger partial charge in [-0.25, -0.2) is 4.39 Å². The van der Waals surface area contributed by atoms with Crippen LogP contribution in [-0.2, 0) is 6.42 Å². The lowest BCUT2D eigenvalue weighted by molar-refractivity contribution is 0.102. The third-order valence-electron chi connectivity index (χ3n) is 3.59. The minimum Gasteiger partial charge on any atom is -0.454 e. The Kier molecular flexibility index (Phi) is 3.77. The maximum atomic E-state index is 12.9. The molecule has 4 rings (SSSR count). The van der Waals surface area contributed by atoms with E-state index in [0.717, 1.165) is 5.56 Å². The lowest BCUT2D eigenvalue weighted by Crippen LogP contribution is -2.12. The fourth-order valence-electron chi connectivity index (χ4n) is 2.36. The monoisotopic (exact) mass is 341 g/mol. The molecule has 7 nitrogen and oxygen atoms in total. The number of anilines is 1. The quantitative estimate of drug-likeness (QED) is 0.785. The summed E-state index contributed by atoms with van der Waals surface area (Å²) in [6.45, 7) is 0.136. The van der Waals surface area contributed by atoms with E-state index >= 15 is 0 Å². The normalized spacial score (nSPS) is 12.2. The van der Waals surface area contributed by atoms with E-state index in [2.05, 4.69) is 15.5 Å². The first kappa shape index (κ1) is 15.1. The number of benzene rings is 2. The van der Waals surface area contributed by atoms with Gasteiger partial charge in [0.2, 0.25) is 12.7 Å². The molecule has 1 amide bonds. The van der Waals surface area contributed by atoms with Gasteiger partial charge in [-0.3, -0.25) is 10.1 Å². The highest BCUT2D eigenvalue weighted by Gasteiger charge is 2.17. The average Bonchev–Trinajstić information content (AvgIpc) is 3.25. The highest BCUT2D eigenvalue weighted by Crippen LogP contribution is 2.32. The Labute approximate surface area is 141 Å². The number of ether oxygens (including phenoxy) is 2. The molecule has 1 aromatic heterocycles. The first-order valence-electron chi connectivity index (χ1n) is 7.45. The van der Waals surface area contributed by atoms with Crippen LogP contribution >= 0.6 is 0 Å². The van der Waals surface area contributed by atoms with E-state index in [4.69, 9.17) is 13.9 Å². The van der Waals surface area contributed by atoms with E-state index < -0.39 is 5.91 Å². The number of halogens is 1. The van der Waals surface area contributed by atoms with Gasteiger partial charge in [0, 0.05) is 5.56 Å². The molecule has 25 heavy (non-hydrogen) atoms. The number of hydrogen-bond donors (Lipinski definition) is 1. The summed E-state index contributed by atoms with van der Waals surface area (Å²) in [7, 11) is 0. The molecule has 0 fully saturated rings. The molecule has 0 saturated carbocycles. The third-order valence-corrected chi connectivity index (χ3v) is 3.59. The van der Waals surface area contributed by atoms with Crippen molar-refractivity contribution in [2.24, 2.45) is 0 Å². The van der Waals surface area contributed by atoms with Crippen LogP contribution in [0.4, 0.5) is 10.4 Å². The zero-order valence-corrected chi connectivity index (χ0v) is 12.9. The summed E-state index contributed by atoms with van der Waals surface area (Å²) in [5, 5.41) is 10.2. The van der Waals surface area contributed by atoms with Gasteiger partial charge in [-0.15, -0.1) is 5.10 Å². The zero-order chi connectivity index (χ0) is 17.2. The standard InChI is InChI=1S/C17H12FN3O4/c18-12-4-1-10(2-5-12)7-15-20-21-17(25-15)19-16(22)11-3-6-13-14(8-11)24-9-23-13/h1-6,8H,7,9H2,(H,19,21,22). The minimum absolute atomic E-state index is 0.0141. The van der Waals surface area contributed by atoms with Crippen LogP contribution in [0.5, 0.6) is 11.5 Å². The summed E-state index contributed by atoms with van der Waals surface area (Å²) in [4.78, 5) is 12.2. The largest absolute Gasteiger partial charge is 0.454 e. The summed E-state index contributed by atoms with van der Waals surface area (Å²) in [6.07, 6.45) is 0.340. The number of rotatable bonds is 4. The number of amides is 1. The molecular weight excluding hydrogens is 329 g/mol. The predicted molar refractivity (Wildman–Crippen MR) is 84.0 cm³/mol. The van der Waals surface area contributed by atoms with Gasteiger partial charge in [-0.05, 0) is 35.9 Å². The molecule has 0 spiro atoms. The second-order valence-electron chi connectivity index (χ2n) is 5.33. The number of carbonyl (C=O) groups excluding carboxylic acids is 1. The molecule has 0 atom stereocenters. The Morgan fingerprint density at radius 2 is 1.88 bits per heavy atom. The van der Waals surface area contributed by atoms with E-state index in [9.17, 15) is 9.18 Å². The highest BCUT2D eigenvalue weighted by molar-refractivity contribution is 6.03. The number of nitrogens with zero attached hydrogens (tertiary/aromatic N) is 2. The van der Waals surface area contributed by atoms with Crippen molar-refractivity contribution < 1.29 is 23.1 Å². The molecule has 0 saturated heterocycles. The van der Waals surface area contributed by atoms with Crippen LogP contribution in [0.25, 0.3) is 0 Å². The van der Waals surface area contributed by atoms with Gasteiger partial charge in [0.1, 0.15) is 5.82 Å². The van der Waals surface area contributed by atoms with Crippen LogP contribution in [0.3, 0.4) is 0 Å². The van der Waals surface area contributed by atoms with Crippen LogP contribution in [0.2, 0.25) is 0 Å². The Morgan fingerprint density at radius 3 is 2.72 bits per heavy atom. The topological polar surface area (TPSA) is 86.5 Å². The van der Waals surface area contributed by atoms with Crippen molar-refractivity contribution >= 4 is 11.9 Å². The fraction of sp³-hybridized carbons (Fsp3) is 0.118. The molecule has 1 aliphatic rings. The maximum absolute atomic E-state index is 12.9. The second kappa shape index (κ2) is 6.23. The van der Waals surface area contributed by atoms with Gasteiger partial charge < -0.3 is 13.9 Å². The molecule has 0 unspecified atom stereocenters. The van der Waals surface area contributed by atoms with Crippen molar-refractivity contribution in [2.45, 2.75) is 6.42 Å². The first-order valence-corrected chi connectivity index (χ1v) is 7.45. The molecule has 2 heterocycles. The van der Waals surface area contributed by atoms with Crippen molar-refractivity contribution in [1.82, 2.24) is 10.2 Å². The fourth-order valence-corrected chi connectivity index (χ4v) is 2.36. The molecule has 0 aliphatic carbocycles. The van der Waals surface area contributed by atoms with E-state index in [0.29, 0.717) is 29.4 Å². The van der Waals surface area contributed by atoms with Crippen molar-refractivity contribution in [3.8, 4) is 11.5 Å². The zero-order valence-electron chi connectivity index (χ0n) is 12.9. The predicted octanol–water partition coefficient (Wildman–Crippen LogP) is 2.78. The molecule has 126 valence electrons. The van der Waals surface area contributed by atoms with Gasteiger partial charge in [-0.1, -0.05) is 17.2 Å². The molecule has 0 radical (unpaired) electrons. The lowest BCUT2D eigenvalue weighted by atomic mass is 10.1. The number of aromatic nitrogens is 2. The van der Waals surface area contributed by atoms with Crippen LogP contribution < -0.4 is 14.8 Å². The van der Waals surface area contributed by atoms with E-state index in [1.54, 1.807) is 30.3 Å². The van der Waals surface area contributed by atoms with Gasteiger partial charge in [-0.2, -0.15) is 0 Å². The van der Waals surface area contributed by atoms with Gasteiger partial charge in [0.15, 0.2) is 11.5 Å². The van der Waals surface area contributed by atoms with E-state index in [-0.39, 0.29) is 18.6 Å². The van der Waals surface area contributed by atoms with Gasteiger partial charge in [0.25, 0.3) is 5.91 Å². The SMILES string of the molecule is O=C(Nc1nnc(Cc2ccc(F)cc2)o1)c1ccc2c(c1)OCO2. The van der Waals surface area contributed by atoms with Crippen LogP contribution in [0.15, 0.2) is 46.9 Å². The van der Waals surface area contributed by atoms with Crippen molar-refractivity contribution in [2.75, 3.05) is 12.1 Å². The number of fused-ring (bicyclic) bond motifs is 1. The summed E-state index contributed by atoms with van der Waals surface area (Å²) in [5.41, 5.74) is 1.20. The Bertz CT molecular complexity index is 924. The average molecular weight is 341 g/mol. The Morgan fingerprint density at radius 1 is 1.08 bits per heavy atom. The van der Waals surface area contributed by atoms with Gasteiger partial charge >= 0.3 is 6.01 Å². The molecular formula is C17H12FN3O4. The molecule has 3 aromatic rings. The van der Waals surface area contributed by atoms with E-state index in [1.807, 2.05) is 0 Å². The summed E-state index contributed by atoms with van der Waals surface area (Å²) < 4.78 is 28.7. The van der Waals surface area contributed by atoms with Crippen molar-refractivity contribution in [3.05, 3.63) is 65.3 Å². The molecule has 1 aliphatic heterocycles. The second-order valence-corrected chi connectivity index (χ2v) is 5.33. The summed E-state index contributed by atoms with van der Waals surface area (Å²) in [6, 6.07) is 10.8. The Balaban J connectivity index is 1.43. The van der Waals surface area contributed by atoms with E-state index in [1.165, 1.54) is 12.1 Å². The summed E-state index contributed by atoms with van der Waals surface area (Å²) >= 11 is 0. The van der Waals surface area contributed by atoms with Crippen LogP contribution in [-0.4, -0.2) is 22.9 Å². The number of nitrogens with one attached hydrogen (secondary N) is 1. The number of carbonyl (C=O) groups is 1. The first-order chi connectivity index (χ1) is 12.2. The van der Waals surface area contributed by atoms with Crippen LogP contribution in [0, 0.1) is 5.82 Å². The Hall–Kier alpha value is -3.42. The molecule has 1 N–H and O–H groups in total. The lowest BCUT2D eigenvalue weighted by Gasteiger charge is -2.02. The third kappa shape index (κ3) is 3.27. The maximum Gasteiger partial charge on any atom is 0.322 e. The number of hydrogen-bond acceptors (Lipinski definition) is 6. The van der Waals surface area contributed by atoms with Crippen molar-refractivity contribution in [1.29, 1.82) is 0 Å².